The van der Waals surface area contributed by atoms with Crippen LogP contribution < -0.4 is 0 Å². The van der Waals surface area contributed by atoms with Gasteiger partial charge in [0.05, 0.1) is 11.1 Å². The number of benzene rings is 1. The average Bonchev–Trinajstić information content (AvgIpc) is 2.05. The Labute approximate surface area is 64.1 Å². The largest absolute Gasteiger partial charge is 0.204 e. The third-order valence-corrected chi connectivity index (χ3v) is 1.27. The molecule has 1 aromatic rings. The molecule has 0 aliphatic heterocycles. The molecule has 2 heteroatoms. The van der Waals surface area contributed by atoms with Crippen molar-refractivity contribution in [2.45, 2.75) is 0 Å². The Bertz CT molecular complexity index is 323. The van der Waals surface area contributed by atoms with E-state index in [9.17, 15) is 4.39 Å². The van der Waals surface area contributed by atoms with Gasteiger partial charge in [-0.25, -0.2) is 4.39 Å². The van der Waals surface area contributed by atoms with Crippen LogP contribution in [0.5, 0.6) is 0 Å². The Morgan fingerprint density at radius 3 is 2.55 bits per heavy atom. The van der Waals surface area contributed by atoms with Crippen molar-refractivity contribution in [1.29, 1.82) is 5.26 Å². The van der Waals surface area contributed by atoms with Crippen LogP contribution in [0.4, 0.5) is 4.39 Å². The van der Waals surface area contributed by atoms with Gasteiger partial charge in [-0.05, 0) is 12.1 Å². The first-order chi connectivity index (χ1) is 5.29. The van der Waals surface area contributed by atoms with Crippen LogP contribution in [0.1, 0.15) is 11.1 Å². The fourth-order valence-corrected chi connectivity index (χ4v) is 0.730. The second-order valence-electron chi connectivity index (χ2n) is 1.92. The van der Waals surface area contributed by atoms with Gasteiger partial charge in [-0.2, -0.15) is 5.26 Å². The van der Waals surface area contributed by atoms with Gasteiger partial charge >= 0.3 is 0 Å². The second kappa shape index (κ2) is 2.86. The molecule has 0 aliphatic carbocycles. The molecular weight excluding hydrogens is 141 g/mol. The third-order valence-electron chi connectivity index (χ3n) is 1.27. The topological polar surface area (TPSA) is 23.8 Å². The van der Waals surface area contributed by atoms with Gasteiger partial charge in [0.25, 0.3) is 0 Å². The summed E-state index contributed by atoms with van der Waals surface area (Å²) in [5, 5.41) is 8.38. The van der Waals surface area contributed by atoms with Crippen molar-refractivity contribution in [1.82, 2.24) is 0 Å². The van der Waals surface area contributed by atoms with Gasteiger partial charge in [0.1, 0.15) is 6.07 Å². The highest BCUT2D eigenvalue weighted by atomic mass is 19.1. The zero-order valence-electron chi connectivity index (χ0n) is 5.63. The lowest BCUT2D eigenvalue weighted by atomic mass is 10.1. The third kappa shape index (κ3) is 1.20. The standard InChI is InChI=1S/C9H4FN/c1-2-7-4-3-5-8(6-11)9(7)10/h1,3-5H. The molecule has 52 valence electrons. The van der Waals surface area contributed by atoms with Gasteiger partial charge in [-0.3, -0.25) is 0 Å². The summed E-state index contributed by atoms with van der Waals surface area (Å²) in [4.78, 5) is 0. The molecule has 1 aromatic carbocycles. The Morgan fingerprint density at radius 1 is 1.36 bits per heavy atom. The van der Waals surface area contributed by atoms with E-state index >= 15 is 0 Å². The number of rotatable bonds is 0. The molecule has 0 saturated carbocycles. The van der Waals surface area contributed by atoms with E-state index < -0.39 is 5.82 Å². The maximum atomic E-state index is 12.9. The lowest BCUT2D eigenvalue weighted by molar-refractivity contribution is 0.620. The first kappa shape index (κ1) is 7.31. The van der Waals surface area contributed by atoms with Crippen LogP contribution in [-0.4, -0.2) is 0 Å². The first-order valence-electron chi connectivity index (χ1n) is 2.95. The molecule has 0 unspecified atom stereocenters. The van der Waals surface area contributed by atoms with Gasteiger partial charge < -0.3 is 0 Å². The molecule has 1 rings (SSSR count). The van der Waals surface area contributed by atoms with Gasteiger partial charge in [0, 0.05) is 0 Å². The minimum absolute atomic E-state index is 0.0135. The molecule has 0 saturated heterocycles. The smallest absolute Gasteiger partial charge is 0.156 e. The lowest BCUT2D eigenvalue weighted by Crippen LogP contribution is -1.87. The molecule has 0 spiro atoms. The van der Waals surface area contributed by atoms with Crippen LogP contribution in [0.15, 0.2) is 18.2 Å². The number of hydrogen-bond acceptors (Lipinski definition) is 1. The number of hydrogen-bond donors (Lipinski definition) is 0. The van der Waals surface area contributed by atoms with E-state index in [0.29, 0.717) is 0 Å². The predicted molar refractivity (Wildman–Crippen MR) is 39.1 cm³/mol. The molecule has 0 aliphatic rings. The van der Waals surface area contributed by atoms with Crippen LogP contribution in [-0.2, 0) is 0 Å². The summed E-state index contributed by atoms with van der Waals surface area (Å²) in [6.45, 7) is 0. The Kier molecular flexibility index (Phi) is 1.90. The second-order valence-corrected chi connectivity index (χ2v) is 1.92. The molecule has 11 heavy (non-hydrogen) atoms. The molecular formula is C9H4FN. The first-order valence-corrected chi connectivity index (χ1v) is 2.95. The minimum atomic E-state index is -0.613. The van der Waals surface area contributed by atoms with Gasteiger partial charge in [0.2, 0.25) is 0 Å². The van der Waals surface area contributed by atoms with Crippen LogP contribution in [0.2, 0.25) is 0 Å². The maximum Gasteiger partial charge on any atom is 0.156 e. The van der Waals surface area contributed by atoms with E-state index in [4.69, 9.17) is 11.7 Å². The summed E-state index contributed by atoms with van der Waals surface area (Å²) in [6.07, 6.45) is 4.97. The van der Waals surface area contributed by atoms with Crippen molar-refractivity contribution in [2.75, 3.05) is 0 Å². The summed E-state index contributed by atoms with van der Waals surface area (Å²) in [5.74, 6) is 1.53. The van der Waals surface area contributed by atoms with Crippen LogP contribution in [0.3, 0.4) is 0 Å². The maximum absolute atomic E-state index is 12.9. The SMILES string of the molecule is C#Cc1cccc(C#N)c1F. The summed E-state index contributed by atoms with van der Waals surface area (Å²) >= 11 is 0. The number of nitriles is 1. The molecule has 0 radical (unpaired) electrons. The van der Waals surface area contributed by atoms with Crippen molar-refractivity contribution < 1.29 is 4.39 Å². The van der Waals surface area contributed by atoms with Crippen LogP contribution in [0.25, 0.3) is 0 Å². The van der Waals surface area contributed by atoms with Crippen molar-refractivity contribution in [2.24, 2.45) is 0 Å². The fourth-order valence-electron chi connectivity index (χ4n) is 0.730. The molecule has 0 amide bonds. The van der Waals surface area contributed by atoms with E-state index in [2.05, 4.69) is 5.92 Å². The average molecular weight is 145 g/mol. The Balaban J connectivity index is 3.38. The molecule has 1 nitrogen and oxygen atoms in total. The Hall–Kier alpha value is -1.80. The van der Waals surface area contributed by atoms with Crippen molar-refractivity contribution in [3.8, 4) is 18.4 Å². The van der Waals surface area contributed by atoms with Crippen LogP contribution >= 0.6 is 0 Å². The van der Waals surface area contributed by atoms with E-state index in [0.717, 1.165) is 0 Å². The van der Waals surface area contributed by atoms with Crippen LogP contribution in [0, 0.1) is 29.5 Å². The molecule has 0 bridgehead atoms. The normalized spacial score (nSPS) is 8.27. The van der Waals surface area contributed by atoms with E-state index in [1.165, 1.54) is 12.1 Å². The molecule has 0 atom stereocenters. The summed E-state index contributed by atoms with van der Waals surface area (Å²) in [5.41, 5.74) is 0.115. The zero-order valence-corrected chi connectivity index (χ0v) is 5.63. The number of halogens is 1. The highest BCUT2D eigenvalue weighted by molar-refractivity contribution is 5.42. The van der Waals surface area contributed by atoms with Crippen molar-refractivity contribution in [3.05, 3.63) is 35.1 Å². The summed E-state index contributed by atoms with van der Waals surface area (Å²) < 4.78 is 12.9. The van der Waals surface area contributed by atoms with E-state index in [1.807, 2.05) is 0 Å². The highest BCUT2D eigenvalue weighted by Gasteiger charge is 2.03. The van der Waals surface area contributed by atoms with Gasteiger partial charge in [-0.15, -0.1) is 6.42 Å². The predicted octanol–water partition coefficient (Wildman–Crippen LogP) is 1.68. The minimum Gasteiger partial charge on any atom is -0.204 e. The van der Waals surface area contributed by atoms with Gasteiger partial charge in [0.15, 0.2) is 5.82 Å². The van der Waals surface area contributed by atoms with Crippen molar-refractivity contribution >= 4 is 0 Å². The van der Waals surface area contributed by atoms with Crippen molar-refractivity contribution in [3.63, 3.8) is 0 Å². The molecule has 0 aromatic heterocycles. The number of terminal acetylenes is 1. The lowest BCUT2D eigenvalue weighted by Gasteiger charge is -1.94. The van der Waals surface area contributed by atoms with E-state index in [-0.39, 0.29) is 11.1 Å². The highest BCUT2D eigenvalue weighted by Crippen LogP contribution is 2.09. The fraction of sp³-hybridized carbons (Fsp3) is 0. The van der Waals surface area contributed by atoms with Gasteiger partial charge in [-0.1, -0.05) is 12.0 Å². The zero-order chi connectivity index (χ0) is 8.27. The number of nitrogens with zero attached hydrogens (tertiary/aromatic N) is 1. The Morgan fingerprint density at radius 2 is 2.00 bits per heavy atom. The van der Waals surface area contributed by atoms with E-state index in [1.54, 1.807) is 12.1 Å². The summed E-state index contributed by atoms with van der Waals surface area (Å²) in [6, 6.07) is 6.09. The monoisotopic (exact) mass is 145 g/mol. The summed E-state index contributed by atoms with van der Waals surface area (Å²) in [7, 11) is 0. The molecule has 0 N–H and O–H groups in total. The molecule has 0 fully saturated rings. The quantitative estimate of drug-likeness (QED) is 0.509. The molecule has 0 heterocycles.